The van der Waals surface area contributed by atoms with Crippen molar-refractivity contribution in [2.75, 3.05) is 16.8 Å². The topological polar surface area (TPSA) is 93.8 Å². The van der Waals surface area contributed by atoms with Crippen molar-refractivity contribution >= 4 is 39.8 Å². The van der Waals surface area contributed by atoms with Crippen molar-refractivity contribution in [3.8, 4) is 0 Å². The molecular formula is C10H11N5OS2. The van der Waals surface area contributed by atoms with Gasteiger partial charge in [-0.2, -0.15) is 0 Å². The lowest BCUT2D eigenvalue weighted by Gasteiger charge is -2.03. The Kier molecular flexibility index (Phi) is 4.48. The Bertz CT molecular complexity index is 516. The third-order valence-electron chi connectivity index (χ3n) is 1.92. The quantitative estimate of drug-likeness (QED) is 0.809. The van der Waals surface area contributed by atoms with Gasteiger partial charge in [-0.25, -0.2) is 0 Å². The van der Waals surface area contributed by atoms with E-state index >= 15 is 0 Å². The molecule has 0 unspecified atom stereocenters. The highest BCUT2D eigenvalue weighted by Crippen LogP contribution is 2.23. The zero-order valence-electron chi connectivity index (χ0n) is 9.37. The molecule has 2 aromatic heterocycles. The van der Waals surface area contributed by atoms with Crippen molar-refractivity contribution < 1.29 is 4.79 Å². The summed E-state index contributed by atoms with van der Waals surface area (Å²) in [5.74, 6) is 0.591. The fraction of sp³-hybridized carbons (Fsp3) is 0.200. The summed E-state index contributed by atoms with van der Waals surface area (Å²) < 4.78 is 0.779. The van der Waals surface area contributed by atoms with Crippen LogP contribution >= 0.6 is 23.1 Å². The number of carbonyl (C=O) groups is 1. The number of nitrogen functional groups attached to an aromatic ring is 1. The first-order valence-corrected chi connectivity index (χ1v) is 6.96. The molecule has 0 atom stereocenters. The fourth-order valence-electron chi connectivity index (χ4n) is 1.17. The van der Waals surface area contributed by atoms with E-state index in [0.717, 1.165) is 4.34 Å². The molecule has 0 saturated heterocycles. The van der Waals surface area contributed by atoms with E-state index in [2.05, 4.69) is 20.5 Å². The molecule has 6 nitrogen and oxygen atoms in total. The van der Waals surface area contributed by atoms with E-state index < -0.39 is 0 Å². The van der Waals surface area contributed by atoms with Gasteiger partial charge in [0.15, 0.2) is 4.34 Å². The van der Waals surface area contributed by atoms with E-state index in [1.807, 2.05) is 0 Å². The molecule has 18 heavy (non-hydrogen) atoms. The second-order valence-electron chi connectivity index (χ2n) is 3.29. The lowest BCUT2D eigenvalue weighted by molar-refractivity contribution is -0.115. The number of pyridine rings is 1. The normalized spacial score (nSPS) is 10.2. The van der Waals surface area contributed by atoms with Crippen molar-refractivity contribution in [2.24, 2.45) is 0 Å². The van der Waals surface area contributed by atoms with Gasteiger partial charge in [-0.3, -0.25) is 9.78 Å². The Hall–Kier alpha value is -1.67. The van der Waals surface area contributed by atoms with Crippen molar-refractivity contribution in [2.45, 2.75) is 10.8 Å². The number of hydrogen-bond donors (Lipinski definition) is 2. The van der Waals surface area contributed by atoms with Gasteiger partial charge in [0.1, 0.15) is 0 Å². The maximum atomic E-state index is 11.6. The molecule has 0 bridgehead atoms. The fourth-order valence-corrected chi connectivity index (χ4v) is 2.81. The first kappa shape index (κ1) is 12.8. The predicted octanol–water partition coefficient (Wildman–Crippen LogP) is 1.64. The van der Waals surface area contributed by atoms with Crippen LogP contribution in [0.2, 0.25) is 0 Å². The molecule has 3 N–H and O–H groups in total. The largest absolute Gasteiger partial charge is 0.374 e. The molecule has 0 radical (unpaired) electrons. The molecule has 0 saturated carbocycles. The highest BCUT2D eigenvalue weighted by atomic mass is 32.2. The minimum Gasteiger partial charge on any atom is -0.374 e. The minimum atomic E-state index is -0.0482. The SMILES string of the molecule is Nc1nnc(SCCC(=O)Nc2cccnc2)s1. The van der Waals surface area contributed by atoms with Gasteiger partial charge >= 0.3 is 0 Å². The van der Waals surface area contributed by atoms with Gasteiger partial charge in [-0.15, -0.1) is 10.2 Å². The number of thioether (sulfide) groups is 1. The molecule has 8 heteroatoms. The Morgan fingerprint density at radius 1 is 1.50 bits per heavy atom. The second kappa shape index (κ2) is 6.31. The highest BCUT2D eigenvalue weighted by molar-refractivity contribution is 8.01. The summed E-state index contributed by atoms with van der Waals surface area (Å²) in [7, 11) is 0. The number of amides is 1. The monoisotopic (exact) mass is 281 g/mol. The third kappa shape index (κ3) is 3.97. The highest BCUT2D eigenvalue weighted by Gasteiger charge is 2.05. The number of aromatic nitrogens is 3. The summed E-state index contributed by atoms with van der Waals surface area (Å²) in [5.41, 5.74) is 6.16. The molecule has 1 amide bonds. The van der Waals surface area contributed by atoms with Gasteiger partial charge in [0, 0.05) is 18.4 Å². The molecule has 2 heterocycles. The van der Waals surface area contributed by atoms with Crippen LogP contribution in [-0.2, 0) is 4.79 Å². The summed E-state index contributed by atoms with van der Waals surface area (Å²) in [6, 6.07) is 3.57. The first-order valence-electron chi connectivity index (χ1n) is 5.16. The van der Waals surface area contributed by atoms with Crippen molar-refractivity contribution in [1.29, 1.82) is 0 Å². The van der Waals surface area contributed by atoms with Gasteiger partial charge in [-0.05, 0) is 12.1 Å². The summed E-state index contributed by atoms with van der Waals surface area (Å²) in [6.07, 6.45) is 3.67. The summed E-state index contributed by atoms with van der Waals surface area (Å²) in [4.78, 5) is 15.5. The Morgan fingerprint density at radius 2 is 2.39 bits per heavy atom. The van der Waals surface area contributed by atoms with Crippen molar-refractivity contribution in [3.63, 3.8) is 0 Å². The smallest absolute Gasteiger partial charge is 0.225 e. The zero-order chi connectivity index (χ0) is 12.8. The van der Waals surface area contributed by atoms with Crippen LogP contribution in [0.5, 0.6) is 0 Å². The number of carbonyl (C=O) groups excluding carboxylic acids is 1. The molecule has 0 aliphatic heterocycles. The second-order valence-corrected chi connectivity index (χ2v) is 5.65. The van der Waals surface area contributed by atoms with Crippen LogP contribution < -0.4 is 11.1 Å². The Balaban J connectivity index is 1.72. The van der Waals surface area contributed by atoms with Gasteiger partial charge in [0.25, 0.3) is 0 Å². The van der Waals surface area contributed by atoms with Gasteiger partial charge in [0.05, 0.1) is 11.9 Å². The van der Waals surface area contributed by atoms with Crippen LogP contribution in [-0.4, -0.2) is 26.8 Å². The number of nitrogens with one attached hydrogen (secondary N) is 1. The first-order chi connectivity index (χ1) is 8.74. The molecular weight excluding hydrogens is 270 g/mol. The van der Waals surface area contributed by atoms with Gasteiger partial charge in [-0.1, -0.05) is 23.1 Å². The van der Waals surface area contributed by atoms with E-state index in [9.17, 15) is 4.79 Å². The number of anilines is 2. The summed E-state index contributed by atoms with van der Waals surface area (Å²) >= 11 is 2.79. The minimum absolute atomic E-state index is 0.0482. The maximum Gasteiger partial charge on any atom is 0.225 e. The molecule has 0 aromatic carbocycles. The Morgan fingerprint density at radius 3 is 3.06 bits per heavy atom. The number of nitrogens with zero attached hydrogens (tertiary/aromatic N) is 3. The van der Waals surface area contributed by atoms with Crippen LogP contribution in [0, 0.1) is 0 Å². The van der Waals surface area contributed by atoms with E-state index in [4.69, 9.17) is 5.73 Å². The number of nitrogens with two attached hydrogens (primary N) is 1. The molecule has 0 aliphatic carbocycles. The van der Waals surface area contributed by atoms with E-state index in [0.29, 0.717) is 23.0 Å². The lowest BCUT2D eigenvalue weighted by Crippen LogP contribution is -2.12. The van der Waals surface area contributed by atoms with Crippen molar-refractivity contribution in [3.05, 3.63) is 24.5 Å². The van der Waals surface area contributed by atoms with Crippen LogP contribution in [0.1, 0.15) is 6.42 Å². The van der Waals surface area contributed by atoms with Gasteiger partial charge in [0.2, 0.25) is 11.0 Å². The Labute approximate surface area is 112 Å². The van der Waals surface area contributed by atoms with E-state index in [-0.39, 0.29) is 5.91 Å². The molecule has 94 valence electrons. The standard InChI is InChI=1S/C10H11N5OS2/c11-9-14-15-10(18-9)17-5-3-8(16)13-7-2-1-4-12-6-7/h1-2,4,6H,3,5H2,(H2,11,14)(H,13,16). The van der Waals surface area contributed by atoms with E-state index in [1.165, 1.54) is 23.1 Å². The van der Waals surface area contributed by atoms with E-state index in [1.54, 1.807) is 24.5 Å². The molecule has 0 spiro atoms. The molecule has 0 aliphatic rings. The molecule has 0 fully saturated rings. The zero-order valence-corrected chi connectivity index (χ0v) is 11.0. The molecule has 2 rings (SSSR count). The average Bonchev–Trinajstić information content (AvgIpc) is 2.76. The third-order valence-corrected chi connectivity index (χ3v) is 3.81. The summed E-state index contributed by atoms with van der Waals surface area (Å²) in [6.45, 7) is 0. The van der Waals surface area contributed by atoms with Crippen LogP contribution in [0.4, 0.5) is 10.8 Å². The average molecular weight is 281 g/mol. The van der Waals surface area contributed by atoms with Crippen LogP contribution in [0.3, 0.4) is 0 Å². The predicted molar refractivity (Wildman–Crippen MR) is 72.5 cm³/mol. The maximum absolute atomic E-state index is 11.6. The van der Waals surface area contributed by atoms with Crippen molar-refractivity contribution in [1.82, 2.24) is 15.2 Å². The van der Waals surface area contributed by atoms with Crippen LogP contribution in [0.25, 0.3) is 0 Å². The molecule has 2 aromatic rings. The summed E-state index contributed by atoms with van der Waals surface area (Å²) in [5, 5.41) is 10.8. The number of rotatable bonds is 5. The lowest BCUT2D eigenvalue weighted by atomic mass is 10.4. The van der Waals surface area contributed by atoms with Gasteiger partial charge < -0.3 is 11.1 Å². The number of hydrogen-bond acceptors (Lipinski definition) is 7. The van der Waals surface area contributed by atoms with Crippen LogP contribution in [0.15, 0.2) is 28.9 Å².